The van der Waals surface area contributed by atoms with Crippen molar-refractivity contribution in [3.05, 3.63) is 35.4 Å². The maximum absolute atomic E-state index is 13.3. The van der Waals surface area contributed by atoms with Crippen LogP contribution in [0.4, 0.5) is 8.78 Å². The van der Waals surface area contributed by atoms with Crippen LogP contribution in [-0.4, -0.2) is 18.9 Å². The molecule has 3 N–H and O–H groups in total. The second kappa shape index (κ2) is 8.22. The summed E-state index contributed by atoms with van der Waals surface area (Å²) < 4.78 is 26.6. The SMILES string of the molecule is CNC(=O)C(CC(C)(C)C)[C@H](CCc1cc(F)cc(F)c1)C(N)=O. The lowest BCUT2D eigenvalue weighted by Gasteiger charge is -2.29. The van der Waals surface area contributed by atoms with E-state index < -0.39 is 29.4 Å². The van der Waals surface area contributed by atoms with Gasteiger partial charge in [0.15, 0.2) is 0 Å². The van der Waals surface area contributed by atoms with Crippen molar-refractivity contribution in [3.63, 3.8) is 0 Å². The Hall–Kier alpha value is -1.98. The van der Waals surface area contributed by atoms with Crippen LogP contribution < -0.4 is 11.1 Å². The number of hydrogen-bond donors (Lipinski definition) is 2. The number of aryl methyl sites for hydroxylation is 1. The Labute approximate surface area is 141 Å². The van der Waals surface area contributed by atoms with Crippen LogP contribution in [0.3, 0.4) is 0 Å². The minimum absolute atomic E-state index is 0.171. The highest BCUT2D eigenvalue weighted by Crippen LogP contribution is 2.31. The maximum Gasteiger partial charge on any atom is 0.223 e. The molecule has 0 fully saturated rings. The van der Waals surface area contributed by atoms with E-state index in [9.17, 15) is 18.4 Å². The molecule has 0 aliphatic rings. The summed E-state index contributed by atoms with van der Waals surface area (Å²) in [5.74, 6) is -3.44. The number of benzene rings is 1. The second-order valence-electron chi connectivity index (χ2n) is 7.31. The third-order valence-corrected chi connectivity index (χ3v) is 3.93. The molecule has 0 aliphatic heterocycles. The highest BCUT2D eigenvalue weighted by Gasteiger charge is 2.34. The monoisotopic (exact) mass is 340 g/mol. The first-order valence-corrected chi connectivity index (χ1v) is 7.99. The first kappa shape index (κ1) is 20.1. The van der Waals surface area contributed by atoms with Crippen molar-refractivity contribution in [1.82, 2.24) is 5.32 Å². The molecule has 24 heavy (non-hydrogen) atoms. The summed E-state index contributed by atoms with van der Waals surface area (Å²) in [5.41, 5.74) is 5.77. The quantitative estimate of drug-likeness (QED) is 0.801. The number of rotatable bonds is 7. The summed E-state index contributed by atoms with van der Waals surface area (Å²) in [6.07, 6.45) is 1.00. The first-order valence-electron chi connectivity index (χ1n) is 7.99. The zero-order chi connectivity index (χ0) is 18.5. The standard InChI is InChI=1S/C18H26F2N2O2/c1-18(2,3)10-15(17(24)22-4)14(16(21)23)6-5-11-7-12(19)9-13(20)8-11/h7-9,14-15H,5-6,10H2,1-4H3,(H2,21,23)(H,22,24)/t14-,15?/m0/s1. The van der Waals surface area contributed by atoms with Gasteiger partial charge < -0.3 is 11.1 Å². The van der Waals surface area contributed by atoms with E-state index in [2.05, 4.69) is 5.32 Å². The minimum Gasteiger partial charge on any atom is -0.369 e. The molecule has 0 bridgehead atoms. The van der Waals surface area contributed by atoms with Gasteiger partial charge in [-0.05, 0) is 42.4 Å². The normalized spacial score (nSPS) is 14.1. The fraction of sp³-hybridized carbons (Fsp3) is 0.556. The van der Waals surface area contributed by atoms with Crippen molar-refractivity contribution in [2.45, 2.75) is 40.0 Å². The molecule has 1 unspecified atom stereocenters. The summed E-state index contributed by atoms with van der Waals surface area (Å²) in [5, 5.41) is 2.57. The Balaban J connectivity index is 2.97. The summed E-state index contributed by atoms with van der Waals surface area (Å²) in [6, 6.07) is 3.24. The summed E-state index contributed by atoms with van der Waals surface area (Å²) in [4.78, 5) is 24.1. The molecule has 0 saturated carbocycles. The predicted octanol–water partition coefficient (Wildman–Crippen LogP) is 2.80. The number of primary amides is 1. The predicted molar refractivity (Wildman–Crippen MR) is 89.0 cm³/mol. The summed E-state index contributed by atoms with van der Waals surface area (Å²) >= 11 is 0. The summed E-state index contributed by atoms with van der Waals surface area (Å²) in [7, 11) is 1.51. The molecule has 4 nitrogen and oxygen atoms in total. The van der Waals surface area contributed by atoms with Crippen molar-refractivity contribution in [2.24, 2.45) is 23.0 Å². The molecule has 0 radical (unpaired) electrons. The molecule has 2 atom stereocenters. The van der Waals surface area contributed by atoms with E-state index in [0.717, 1.165) is 6.07 Å². The van der Waals surface area contributed by atoms with Gasteiger partial charge in [-0.2, -0.15) is 0 Å². The van der Waals surface area contributed by atoms with Gasteiger partial charge in [-0.25, -0.2) is 8.78 Å². The molecule has 1 aromatic rings. The molecule has 2 amide bonds. The van der Waals surface area contributed by atoms with Gasteiger partial charge in [0, 0.05) is 24.9 Å². The fourth-order valence-electron chi connectivity index (χ4n) is 2.88. The molecule has 0 aliphatic carbocycles. The van der Waals surface area contributed by atoms with Crippen molar-refractivity contribution >= 4 is 11.8 Å². The Bertz CT molecular complexity index is 577. The van der Waals surface area contributed by atoms with Gasteiger partial charge in [0.05, 0.1) is 0 Å². The van der Waals surface area contributed by atoms with Crippen molar-refractivity contribution in [3.8, 4) is 0 Å². The van der Waals surface area contributed by atoms with Gasteiger partial charge in [-0.3, -0.25) is 9.59 Å². The number of carbonyl (C=O) groups excluding carboxylic acids is 2. The van der Waals surface area contributed by atoms with Crippen molar-refractivity contribution in [2.75, 3.05) is 7.05 Å². The van der Waals surface area contributed by atoms with E-state index in [1.807, 2.05) is 20.8 Å². The smallest absolute Gasteiger partial charge is 0.223 e. The van der Waals surface area contributed by atoms with E-state index in [0.29, 0.717) is 12.0 Å². The second-order valence-corrected chi connectivity index (χ2v) is 7.31. The van der Waals surface area contributed by atoms with Gasteiger partial charge in [0.25, 0.3) is 0 Å². The third kappa shape index (κ3) is 6.26. The Morgan fingerprint density at radius 3 is 2.08 bits per heavy atom. The van der Waals surface area contributed by atoms with Crippen LogP contribution in [0.5, 0.6) is 0 Å². The number of halogens is 2. The average Bonchev–Trinajstić information content (AvgIpc) is 2.42. The number of amides is 2. The Morgan fingerprint density at radius 2 is 1.67 bits per heavy atom. The van der Waals surface area contributed by atoms with Crippen LogP contribution in [0.25, 0.3) is 0 Å². The molecule has 1 rings (SSSR count). The van der Waals surface area contributed by atoms with Gasteiger partial charge in [-0.1, -0.05) is 20.8 Å². The van der Waals surface area contributed by atoms with Gasteiger partial charge in [0.2, 0.25) is 11.8 Å². The maximum atomic E-state index is 13.3. The molecule has 1 aromatic carbocycles. The largest absolute Gasteiger partial charge is 0.369 e. The highest BCUT2D eigenvalue weighted by atomic mass is 19.1. The van der Waals surface area contributed by atoms with Gasteiger partial charge in [-0.15, -0.1) is 0 Å². The molecular weight excluding hydrogens is 314 g/mol. The van der Waals surface area contributed by atoms with Crippen LogP contribution >= 0.6 is 0 Å². The third-order valence-electron chi connectivity index (χ3n) is 3.93. The topological polar surface area (TPSA) is 72.2 Å². The van der Waals surface area contributed by atoms with E-state index in [-0.39, 0.29) is 24.2 Å². The minimum atomic E-state index is -0.699. The van der Waals surface area contributed by atoms with Crippen LogP contribution in [0.1, 0.15) is 39.2 Å². The molecule has 0 aromatic heterocycles. The van der Waals surface area contributed by atoms with Gasteiger partial charge >= 0.3 is 0 Å². The Kier molecular flexibility index (Phi) is 6.87. The van der Waals surface area contributed by atoms with E-state index in [1.54, 1.807) is 0 Å². The van der Waals surface area contributed by atoms with Crippen LogP contribution in [-0.2, 0) is 16.0 Å². The fourth-order valence-corrected chi connectivity index (χ4v) is 2.88. The van der Waals surface area contributed by atoms with Crippen LogP contribution in [0.15, 0.2) is 18.2 Å². The van der Waals surface area contributed by atoms with Crippen LogP contribution in [0, 0.1) is 28.9 Å². The van der Waals surface area contributed by atoms with Crippen LogP contribution in [0.2, 0.25) is 0 Å². The lowest BCUT2D eigenvalue weighted by molar-refractivity contribution is -0.134. The Morgan fingerprint density at radius 1 is 1.12 bits per heavy atom. The highest BCUT2D eigenvalue weighted by molar-refractivity contribution is 5.86. The number of carbonyl (C=O) groups is 2. The molecule has 0 saturated heterocycles. The number of nitrogens with one attached hydrogen (secondary N) is 1. The zero-order valence-electron chi connectivity index (χ0n) is 14.7. The lowest BCUT2D eigenvalue weighted by Crippen LogP contribution is -2.41. The van der Waals surface area contributed by atoms with E-state index in [1.165, 1.54) is 19.2 Å². The molecule has 0 spiro atoms. The van der Waals surface area contributed by atoms with Gasteiger partial charge in [0.1, 0.15) is 11.6 Å². The summed E-state index contributed by atoms with van der Waals surface area (Å²) in [6.45, 7) is 5.93. The van der Waals surface area contributed by atoms with E-state index in [4.69, 9.17) is 5.73 Å². The lowest BCUT2D eigenvalue weighted by atomic mass is 9.76. The average molecular weight is 340 g/mol. The number of nitrogens with two attached hydrogens (primary N) is 1. The number of hydrogen-bond acceptors (Lipinski definition) is 2. The van der Waals surface area contributed by atoms with E-state index >= 15 is 0 Å². The van der Waals surface area contributed by atoms with Crippen molar-refractivity contribution in [1.29, 1.82) is 0 Å². The zero-order valence-corrected chi connectivity index (χ0v) is 14.7. The van der Waals surface area contributed by atoms with Crippen molar-refractivity contribution < 1.29 is 18.4 Å². The molecule has 134 valence electrons. The molecule has 0 heterocycles. The molecule has 6 heteroatoms. The first-order chi connectivity index (χ1) is 11.0. The molecular formula is C18H26F2N2O2.